The fourth-order valence-electron chi connectivity index (χ4n) is 1.03. The molecule has 98 valence electrons. The fraction of sp³-hybridized carbons (Fsp3) is 0.692. The largest absolute Gasteiger partial charge is 0.463 e. The Morgan fingerprint density at radius 3 is 2.47 bits per heavy atom. The minimum absolute atomic E-state index is 0.0243. The lowest BCUT2D eigenvalue weighted by atomic mass is 10.2. The van der Waals surface area contributed by atoms with Crippen molar-refractivity contribution in [3.05, 3.63) is 12.2 Å². The van der Waals surface area contributed by atoms with Crippen LogP contribution in [0.1, 0.15) is 46.5 Å². The summed E-state index contributed by atoms with van der Waals surface area (Å²) >= 11 is 0. The highest BCUT2D eigenvalue weighted by Crippen LogP contribution is 2.03. The quantitative estimate of drug-likeness (QED) is 0.373. The van der Waals surface area contributed by atoms with Crippen molar-refractivity contribution in [3.63, 3.8) is 0 Å². The minimum Gasteiger partial charge on any atom is -0.463 e. The Labute approximate surface area is 103 Å². The standard InChI is InChI=1S/C13H22O4/c1-5-11(4)17-12(14)8-6-7-9-16-13(15)10(2)3/h11H,2,5-9H2,1,3-4H3. The van der Waals surface area contributed by atoms with Crippen molar-refractivity contribution in [2.75, 3.05) is 6.61 Å². The molecule has 0 fully saturated rings. The molecule has 17 heavy (non-hydrogen) atoms. The normalized spacial score (nSPS) is 11.7. The van der Waals surface area contributed by atoms with Crippen LogP contribution in [0.4, 0.5) is 0 Å². The van der Waals surface area contributed by atoms with Crippen LogP contribution in [-0.2, 0) is 19.1 Å². The van der Waals surface area contributed by atoms with Crippen LogP contribution >= 0.6 is 0 Å². The Hall–Kier alpha value is -1.32. The summed E-state index contributed by atoms with van der Waals surface area (Å²) in [6, 6.07) is 0. The summed E-state index contributed by atoms with van der Waals surface area (Å²) in [5.41, 5.74) is 0.390. The van der Waals surface area contributed by atoms with Crippen LogP contribution in [0.3, 0.4) is 0 Å². The second-order valence-electron chi connectivity index (χ2n) is 4.08. The molecule has 1 atom stereocenters. The van der Waals surface area contributed by atoms with Gasteiger partial charge < -0.3 is 9.47 Å². The number of hydrogen-bond donors (Lipinski definition) is 0. The van der Waals surface area contributed by atoms with Crippen LogP contribution in [-0.4, -0.2) is 24.6 Å². The molecule has 0 aliphatic carbocycles. The SMILES string of the molecule is C=C(C)C(=O)OCCCCC(=O)OC(C)CC. The van der Waals surface area contributed by atoms with Crippen molar-refractivity contribution in [2.24, 2.45) is 0 Å². The van der Waals surface area contributed by atoms with Crippen LogP contribution in [0.2, 0.25) is 0 Å². The molecule has 4 nitrogen and oxygen atoms in total. The zero-order valence-corrected chi connectivity index (χ0v) is 11.0. The van der Waals surface area contributed by atoms with Crippen LogP contribution < -0.4 is 0 Å². The fourth-order valence-corrected chi connectivity index (χ4v) is 1.03. The highest BCUT2D eigenvalue weighted by molar-refractivity contribution is 5.86. The van der Waals surface area contributed by atoms with Gasteiger partial charge in [-0.3, -0.25) is 4.79 Å². The summed E-state index contributed by atoms with van der Waals surface area (Å²) in [4.78, 5) is 22.3. The van der Waals surface area contributed by atoms with Crippen molar-refractivity contribution in [3.8, 4) is 0 Å². The zero-order valence-electron chi connectivity index (χ0n) is 11.0. The van der Waals surface area contributed by atoms with Gasteiger partial charge in [0.05, 0.1) is 12.7 Å². The van der Waals surface area contributed by atoms with Gasteiger partial charge in [-0.1, -0.05) is 13.5 Å². The zero-order chi connectivity index (χ0) is 13.3. The molecule has 0 rings (SSSR count). The molecule has 0 aliphatic heterocycles. The van der Waals surface area contributed by atoms with Gasteiger partial charge in [-0.2, -0.15) is 0 Å². The summed E-state index contributed by atoms with van der Waals surface area (Å²) in [6.45, 7) is 9.24. The van der Waals surface area contributed by atoms with Gasteiger partial charge >= 0.3 is 11.9 Å². The number of carbonyl (C=O) groups is 2. The van der Waals surface area contributed by atoms with Crippen LogP contribution in [0.15, 0.2) is 12.2 Å². The average molecular weight is 242 g/mol. The number of carbonyl (C=O) groups excluding carboxylic acids is 2. The second kappa shape index (κ2) is 8.79. The highest BCUT2D eigenvalue weighted by atomic mass is 16.5. The van der Waals surface area contributed by atoms with E-state index in [0.29, 0.717) is 31.4 Å². The molecule has 0 aromatic heterocycles. The molecule has 0 saturated heterocycles. The molecule has 0 bridgehead atoms. The number of hydrogen-bond acceptors (Lipinski definition) is 4. The molecule has 0 spiro atoms. The third-order valence-corrected chi connectivity index (χ3v) is 2.26. The first kappa shape index (κ1) is 15.7. The Morgan fingerprint density at radius 1 is 1.29 bits per heavy atom. The molecule has 4 heteroatoms. The first-order valence-electron chi connectivity index (χ1n) is 5.99. The Kier molecular flexibility index (Phi) is 8.11. The monoisotopic (exact) mass is 242 g/mol. The van der Waals surface area contributed by atoms with E-state index in [4.69, 9.17) is 9.47 Å². The minimum atomic E-state index is -0.382. The van der Waals surface area contributed by atoms with Gasteiger partial charge in [0.15, 0.2) is 0 Å². The Morgan fingerprint density at radius 2 is 1.94 bits per heavy atom. The van der Waals surface area contributed by atoms with E-state index in [1.807, 2.05) is 13.8 Å². The van der Waals surface area contributed by atoms with Crippen molar-refractivity contribution in [1.82, 2.24) is 0 Å². The number of esters is 2. The van der Waals surface area contributed by atoms with E-state index in [1.165, 1.54) is 0 Å². The van der Waals surface area contributed by atoms with E-state index in [0.717, 1.165) is 6.42 Å². The van der Waals surface area contributed by atoms with Gasteiger partial charge in [-0.15, -0.1) is 0 Å². The van der Waals surface area contributed by atoms with Gasteiger partial charge in [-0.25, -0.2) is 4.79 Å². The second-order valence-corrected chi connectivity index (χ2v) is 4.08. The molecule has 0 saturated carbocycles. The lowest BCUT2D eigenvalue weighted by molar-refractivity contribution is -0.148. The summed E-state index contributed by atoms with van der Waals surface area (Å²) in [6.07, 6.45) is 2.49. The predicted molar refractivity (Wildman–Crippen MR) is 65.5 cm³/mol. The van der Waals surface area contributed by atoms with E-state index in [-0.39, 0.29) is 18.0 Å². The van der Waals surface area contributed by atoms with E-state index in [9.17, 15) is 9.59 Å². The summed E-state index contributed by atoms with van der Waals surface area (Å²) in [7, 11) is 0. The lowest BCUT2D eigenvalue weighted by Crippen LogP contribution is -2.14. The van der Waals surface area contributed by atoms with E-state index >= 15 is 0 Å². The molecule has 0 heterocycles. The molecular formula is C13H22O4. The van der Waals surface area contributed by atoms with Crippen molar-refractivity contribution in [2.45, 2.75) is 52.6 Å². The molecule has 0 radical (unpaired) electrons. The summed E-state index contributed by atoms with van der Waals surface area (Å²) in [5.74, 6) is -0.572. The average Bonchev–Trinajstić information content (AvgIpc) is 2.27. The van der Waals surface area contributed by atoms with Gasteiger partial charge in [0.1, 0.15) is 0 Å². The Bertz CT molecular complexity index is 271. The number of rotatable bonds is 8. The summed E-state index contributed by atoms with van der Waals surface area (Å²) < 4.78 is 10.0. The number of unbranched alkanes of at least 4 members (excludes halogenated alkanes) is 1. The number of ether oxygens (including phenoxy) is 2. The third kappa shape index (κ3) is 8.48. The first-order valence-corrected chi connectivity index (χ1v) is 5.99. The maximum atomic E-state index is 11.3. The van der Waals surface area contributed by atoms with Gasteiger partial charge in [0.25, 0.3) is 0 Å². The molecular weight excluding hydrogens is 220 g/mol. The first-order chi connectivity index (χ1) is 7.97. The van der Waals surface area contributed by atoms with Gasteiger partial charge in [0.2, 0.25) is 0 Å². The van der Waals surface area contributed by atoms with Crippen LogP contribution in [0, 0.1) is 0 Å². The molecule has 0 aromatic rings. The van der Waals surface area contributed by atoms with E-state index in [2.05, 4.69) is 6.58 Å². The summed E-state index contributed by atoms with van der Waals surface area (Å²) in [5, 5.41) is 0. The molecule has 0 aromatic carbocycles. The van der Waals surface area contributed by atoms with Gasteiger partial charge in [-0.05, 0) is 33.1 Å². The molecule has 0 N–H and O–H groups in total. The van der Waals surface area contributed by atoms with Crippen LogP contribution in [0.25, 0.3) is 0 Å². The maximum absolute atomic E-state index is 11.3. The van der Waals surface area contributed by atoms with Crippen molar-refractivity contribution >= 4 is 11.9 Å². The molecule has 0 aliphatic rings. The molecule has 0 amide bonds. The highest BCUT2D eigenvalue weighted by Gasteiger charge is 2.07. The molecule has 1 unspecified atom stereocenters. The van der Waals surface area contributed by atoms with Crippen LogP contribution in [0.5, 0.6) is 0 Å². The van der Waals surface area contributed by atoms with Gasteiger partial charge in [0, 0.05) is 12.0 Å². The smallest absolute Gasteiger partial charge is 0.333 e. The maximum Gasteiger partial charge on any atom is 0.333 e. The topological polar surface area (TPSA) is 52.6 Å². The van der Waals surface area contributed by atoms with Crippen molar-refractivity contribution < 1.29 is 19.1 Å². The predicted octanol–water partition coefficient (Wildman–Crippen LogP) is 2.62. The van der Waals surface area contributed by atoms with Crippen molar-refractivity contribution in [1.29, 1.82) is 0 Å². The lowest BCUT2D eigenvalue weighted by Gasteiger charge is -2.10. The van der Waals surface area contributed by atoms with E-state index in [1.54, 1.807) is 6.92 Å². The van der Waals surface area contributed by atoms with E-state index < -0.39 is 0 Å². The Balaban J connectivity index is 3.49. The third-order valence-electron chi connectivity index (χ3n) is 2.26.